The van der Waals surface area contributed by atoms with Gasteiger partial charge in [-0.25, -0.2) is 9.69 Å². The van der Waals surface area contributed by atoms with Crippen molar-refractivity contribution in [3.05, 3.63) is 64.7 Å². The summed E-state index contributed by atoms with van der Waals surface area (Å²) in [5.41, 5.74) is 0.690. The molecule has 28 heavy (non-hydrogen) atoms. The van der Waals surface area contributed by atoms with Crippen molar-refractivity contribution in [3.63, 3.8) is 0 Å². The number of carbonyl (C=O) groups is 1. The van der Waals surface area contributed by atoms with Crippen LogP contribution in [-0.4, -0.2) is 36.5 Å². The quantitative estimate of drug-likeness (QED) is 0.661. The average Bonchev–Trinajstić information content (AvgIpc) is 2.70. The van der Waals surface area contributed by atoms with Crippen molar-refractivity contribution >= 4 is 17.6 Å². The highest BCUT2D eigenvalue weighted by atomic mass is 35.5. The third-order valence-electron chi connectivity index (χ3n) is 5.08. The molecule has 2 unspecified atom stereocenters. The molecule has 2 aromatic carbocycles. The maximum Gasteiger partial charge on any atom is 0.397 e. The number of likely N-dealkylation sites (N-methyl/N-ethyl adjacent to an activating group) is 1. The zero-order valence-electron chi connectivity index (χ0n) is 16.7. The summed E-state index contributed by atoms with van der Waals surface area (Å²) in [6, 6.07) is 15.1. The number of esters is 1. The van der Waals surface area contributed by atoms with Gasteiger partial charge in [-0.3, -0.25) is 0 Å². The van der Waals surface area contributed by atoms with E-state index in [1.807, 2.05) is 62.1 Å². The summed E-state index contributed by atoms with van der Waals surface area (Å²) >= 11 is 6.28. The molecule has 0 spiro atoms. The third kappa shape index (κ3) is 3.39. The molecule has 5 nitrogen and oxygen atoms in total. The van der Waals surface area contributed by atoms with Crippen LogP contribution in [0.2, 0.25) is 5.02 Å². The topological polar surface area (TPSA) is 48.0 Å². The Morgan fingerprint density at radius 3 is 2.39 bits per heavy atom. The summed E-state index contributed by atoms with van der Waals surface area (Å²) in [5, 5.41) is 0.569. The zero-order chi connectivity index (χ0) is 20.4. The summed E-state index contributed by atoms with van der Waals surface area (Å²) in [7, 11) is 0. The Bertz CT molecular complexity index is 840. The predicted octanol–water partition coefficient (Wildman–Crippen LogP) is 4.57. The minimum Gasteiger partial charge on any atom is -0.460 e. The molecule has 0 saturated carbocycles. The van der Waals surface area contributed by atoms with Crippen LogP contribution in [0.15, 0.2) is 48.5 Å². The Morgan fingerprint density at radius 1 is 1.11 bits per heavy atom. The van der Waals surface area contributed by atoms with E-state index in [-0.39, 0.29) is 6.61 Å². The van der Waals surface area contributed by atoms with E-state index in [9.17, 15) is 4.79 Å². The van der Waals surface area contributed by atoms with Crippen LogP contribution in [0, 0.1) is 0 Å². The largest absolute Gasteiger partial charge is 0.460 e. The van der Waals surface area contributed by atoms with E-state index in [4.69, 9.17) is 25.8 Å². The molecule has 0 aromatic heterocycles. The Kier molecular flexibility index (Phi) is 5.98. The molecule has 2 atom stereocenters. The molecule has 0 radical (unpaired) electrons. The van der Waals surface area contributed by atoms with Crippen LogP contribution >= 0.6 is 11.6 Å². The van der Waals surface area contributed by atoms with Gasteiger partial charge in [0.2, 0.25) is 0 Å². The van der Waals surface area contributed by atoms with Crippen LogP contribution < -0.4 is 4.74 Å². The number of rotatable bonds is 6. The summed E-state index contributed by atoms with van der Waals surface area (Å²) < 4.78 is 18.2. The van der Waals surface area contributed by atoms with E-state index in [1.54, 1.807) is 19.1 Å². The van der Waals surface area contributed by atoms with Crippen LogP contribution in [0.4, 0.5) is 0 Å². The van der Waals surface area contributed by atoms with Crippen LogP contribution in [-0.2, 0) is 19.9 Å². The molecule has 2 aromatic rings. The number of fused-ring (bicyclic) bond motifs is 1. The van der Waals surface area contributed by atoms with Crippen molar-refractivity contribution in [2.24, 2.45) is 0 Å². The third-order valence-corrected chi connectivity index (χ3v) is 5.32. The first kappa shape index (κ1) is 20.6. The van der Waals surface area contributed by atoms with Crippen molar-refractivity contribution < 1.29 is 19.0 Å². The smallest absolute Gasteiger partial charge is 0.397 e. The summed E-state index contributed by atoms with van der Waals surface area (Å²) in [6.07, 6.45) is 0. The molecule has 1 heterocycles. The van der Waals surface area contributed by atoms with Crippen LogP contribution in [0.3, 0.4) is 0 Å². The monoisotopic (exact) mass is 403 g/mol. The van der Waals surface area contributed by atoms with Crippen LogP contribution in [0.5, 0.6) is 5.75 Å². The minimum atomic E-state index is -1.69. The first-order chi connectivity index (χ1) is 13.4. The molecule has 1 aliphatic rings. The van der Waals surface area contributed by atoms with Crippen molar-refractivity contribution in [1.29, 1.82) is 0 Å². The molecule has 3 rings (SSSR count). The van der Waals surface area contributed by atoms with Crippen LogP contribution in [0.25, 0.3) is 0 Å². The number of nitrogens with zero attached hydrogens (tertiary/aromatic N) is 1. The molecule has 150 valence electrons. The SMILES string of the molecule is CCOC(=O)C1(N(CC)CC)Oc2ccc(Cl)cc2C(C)(c2ccccc2)O1. The van der Waals surface area contributed by atoms with E-state index in [1.165, 1.54) is 0 Å². The van der Waals surface area contributed by atoms with Crippen LogP contribution in [0.1, 0.15) is 38.8 Å². The van der Waals surface area contributed by atoms with E-state index in [0.29, 0.717) is 23.9 Å². The van der Waals surface area contributed by atoms with Gasteiger partial charge >= 0.3 is 11.9 Å². The fraction of sp³-hybridized carbons (Fsp3) is 0.409. The highest BCUT2D eigenvalue weighted by Crippen LogP contribution is 2.48. The fourth-order valence-electron chi connectivity index (χ4n) is 3.64. The van der Waals surface area contributed by atoms with E-state index in [0.717, 1.165) is 11.1 Å². The van der Waals surface area contributed by atoms with Gasteiger partial charge in [0.25, 0.3) is 0 Å². The molecular weight excluding hydrogens is 378 g/mol. The molecule has 6 heteroatoms. The second-order valence-corrected chi connectivity index (χ2v) is 7.15. The Labute approximate surface area is 171 Å². The van der Waals surface area contributed by atoms with Crippen molar-refractivity contribution in [2.45, 2.75) is 39.2 Å². The lowest BCUT2D eigenvalue weighted by Crippen LogP contribution is -2.66. The van der Waals surface area contributed by atoms with E-state index < -0.39 is 17.5 Å². The molecule has 0 fully saturated rings. The number of hydrogen-bond donors (Lipinski definition) is 0. The minimum absolute atomic E-state index is 0.226. The Balaban J connectivity index is 2.25. The number of benzene rings is 2. The fourth-order valence-corrected chi connectivity index (χ4v) is 3.81. The molecule has 0 saturated heterocycles. The maximum absolute atomic E-state index is 13.1. The second kappa shape index (κ2) is 8.11. The zero-order valence-corrected chi connectivity index (χ0v) is 17.5. The number of hydrogen-bond acceptors (Lipinski definition) is 5. The molecule has 0 aliphatic carbocycles. The molecule has 0 amide bonds. The van der Waals surface area contributed by atoms with Crippen molar-refractivity contribution in [2.75, 3.05) is 19.7 Å². The highest BCUT2D eigenvalue weighted by Gasteiger charge is 2.58. The average molecular weight is 404 g/mol. The predicted molar refractivity (Wildman–Crippen MR) is 108 cm³/mol. The van der Waals surface area contributed by atoms with Crippen molar-refractivity contribution in [1.82, 2.24) is 4.90 Å². The van der Waals surface area contributed by atoms with E-state index in [2.05, 4.69) is 0 Å². The Hall–Kier alpha value is -2.08. The van der Waals surface area contributed by atoms with Gasteiger partial charge in [0.1, 0.15) is 11.4 Å². The Morgan fingerprint density at radius 2 is 1.79 bits per heavy atom. The van der Waals surface area contributed by atoms with Gasteiger partial charge in [0.05, 0.1) is 6.61 Å². The van der Waals surface area contributed by atoms with Gasteiger partial charge < -0.3 is 14.2 Å². The summed E-state index contributed by atoms with van der Waals surface area (Å²) in [4.78, 5) is 15.0. The second-order valence-electron chi connectivity index (χ2n) is 6.72. The lowest BCUT2D eigenvalue weighted by molar-refractivity contribution is -0.317. The van der Waals surface area contributed by atoms with Gasteiger partial charge in [0.15, 0.2) is 0 Å². The van der Waals surface area contributed by atoms with Gasteiger partial charge in [-0.1, -0.05) is 55.8 Å². The normalized spacial score (nSPS) is 23.8. The maximum atomic E-state index is 13.1. The number of carbonyl (C=O) groups excluding carboxylic acids is 1. The molecule has 1 aliphatic heterocycles. The molecule has 0 bridgehead atoms. The first-order valence-electron chi connectivity index (χ1n) is 9.58. The summed E-state index contributed by atoms with van der Waals surface area (Å²) in [5.74, 6) is -1.71. The summed E-state index contributed by atoms with van der Waals surface area (Å²) in [6.45, 7) is 8.91. The van der Waals surface area contributed by atoms with Crippen molar-refractivity contribution in [3.8, 4) is 5.75 Å². The van der Waals surface area contributed by atoms with Gasteiger partial charge in [-0.05, 0) is 37.6 Å². The number of halogens is 1. The lowest BCUT2D eigenvalue weighted by atomic mass is 9.86. The first-order valence-corrected chi connectivity index (χ1v) is 9.96. The molecule has 0 N–H and O–H groups in total. The lowest BCUT2D eigenvalue weighted by Gasteiger charge is -2.49. The van der Waals surface area contributed by atoms with E-state index >= 15 is 0 Å². The number of ether oxygens (including phenoxy) is 3. The van der Waals surface area contributed by atoms with Gasteiger partial charge in [-0.15, -0.1) is 0 Å². The highest BCUT2D eigenvalue weighted by molar-refractivity contribution is 6.30. The molecular formula is C22H26ClNO4. The van der Waals surface area contributed by atoms with Gasteiger partial charge in [-0.2, -0.15) is 0 Å². The standard InChI is InChI=1S/C22H26ClNO4/c1-5-24(6-2)22(20(25)26-7-3)27-19-14-13-17(23)15-18(19)21(4,28-22)16-11-9-8-10-12-16/h8-15H,5-7H2,1-4H3. The van der Waals surface area contributed by atoms with Gasteiger partial charge in [0, 0.05) is 23.7 Å².